The minimum absolute atomic E-state index is 0.103. The van der Waals surface area contributed by atoms with E-state index in [4.69, 9.17) is 9.47 Å². The van der Waals surface area contributed by atoms with Crippen molar-refractivity contribution in [1.29, 1.82) is 0 Å². The average Bonchev–Trinajstić information content (AvgIpc) is 2.68. The van der Waals surface area contributed by atoms with Gasteiger partial charge >= 0.3 is 6.18 Å². The van der Waals surface area contributed by atoms with Gasteiger partial charge in [0.25, 0.3) is 12.9 Å². The zero-order chi connectivity index (χ0) is 20.4. The molecule has 0 N–H and O–H groups in total. The highest BCUT2D eigenvalue weighted by atomic mass is 19.4. The molecule has 0 unspecified atom stereocenters. The predicted octanol–water partition coefficient (Wildman–Crippen LogP) is 4.42. The Morgan fingerprint density at radius 1 is 0.714 bits per heavy atom. The van der Waals surface area contributed by atoms with E-state index in [-0.39, 0.29) is 12.9 Å². The number of carbonyl (C=O) groups is 2. The van der Waals surface area contributed by atoms with Crippen LogP contribution < -0.4 is 9.47 Å². The number of halogens is 3. The highest BCUT2D eigenvalue weighted by Gasteiger charge is 2.34. The third-order valence-corrected chi connectivity index (χ3v) is 3.25. The van der Waals surface area contributed by atoms with Gasteiger partial charge in [0, 0.05) is 0 Å². The second-order valence-corrected chi connectivity index (χ2v) is 4.98. The van der Waals surface area contributed by atoms with Gasteiger partial charge in [-0.3, -0.25) is 9.59 Å². The third-order valence-electron chi connectivity index (χ3n) is 3.25. The largest absolute Gasteiger partial charge is 0.462 e. The van der Waals surface area contributed by atoms with E-state index < -0.39 is 17.5 Å². The molecule has 0 atom stereocenters. The molecule has 2 aromatic carbocycles. The minimum Gasteiger partial charge on any atom is -0.462 e. The van der Waals surface area contributed by atoms with Gasteiger partial charge in [-0.2, -0.15) is 13.2 Å². The topological polar surface area (TPSA) is 71.1 Å². The number of carbonyl (C=O) groups excluding carboxylic acids is 2. The molecule has 0 spiro atoms. The van der Waals surface area contributed by atoms with E-state index in [1.807, 2.05) is 0 Å². The Balaban J connectivity index is 2.23. The molecule has 2 rings (SSSR count). The summed E-state index contributed by atoms with van der Waals surface area (Å²) >= 11 is 0. The molecule has 0 saturated heterocycles. The molecule has 0 aliphatic heterocycles. The van der Waals surface area contributed by atoms with Crippen molar-refractivity contribution in [2.75, 3.05) is 0 Å². The summed E-state index contributed by atoms with van der Waals surface area (Å²) in [4.78, 5) is 20.0. The van der Waals surface area contributed by atoms with E-state index in [9.17, 15) is 22.8 Å². The molecule has 146 valence electrons. The first-order valence-electron chi connectivity index (χ1n) is 7.59. The van der Waals surface area contributed by atoms with Gasteiger partial charge in [-0.25, -0.2) is 0 Å². The number of ether oxygens (including phenoxy) is 4. The smallest absolute Gasteiger partial charge is 0.420 e. The first kappa shape index (κ1) is 20.6. The minimum atomic E-state index is -4.66. The Morgan fingerprint density at radius 3 is 1.86 bits per heavy atom. The van der Waals surface area contributed by atoms with Crippen LogP contribution in [-0.2, 0) is 25.2 Å². The monoisotopic (exact) mass is 394 g/mol. The molecule has 0 aliphatic carbocycles. The van der Waals surface area contributed by atoms with E-state index in [2.05, 4.69) is 9.47 Å². The highest BCUT2D eigenvalue weighted by Crippen LogP contribution is 2.39. The summed E-state index contributed by atoms with van der Waals surface area (Å²) < 4.78 is 58.6. The van der Waals surface area contributed by atoms with Crippen molar-refractivity contribution in [3.05, 3.63) is 73.1 Å². The van der Waals surface area contributed by atoms with Crippen molar-refractivity contribution in [1.82, 2.24) is 0 Å². The van der Waals surface area contributed by atoms with Crippen molar-refractivity contribution in [2.24, 2.45) is 0 Å². The molecule has 28 heavy (non-hydrogen) atoms. The first-order chi connectivity index (χ1) is 13.5. The van der Waals surface area contributed by atoms with Gasteiger partial charge in [0.15, 0.2) is 0 Å². The fourth-order valence-electron chi connectivity index (χ4n) is 2.10. The SMILES string of the molecule is O=CO/C=C\Oc1ccc(-c2ccc(O/C=C\OC=O)c(C(F)(F)F)c2)cc1. The van der Waals surface area contributed by atoms with Crippen LogP contribution in [0.1, 0.15) is 5.56 Å². The number of alkyl halides is 3. The van der Waals surface area contributed by atoms with Gasteiger partial charge in [-0.05, 0) is 35.4 Å². The summed E-state index contributed by atoms with van der Waals surface area (Å²) in [6.45, 7) is 0.325. The maximum absolute atomic E-state index is 13.3. The van der Waals surface area contributed by atoms with Crippen LogP contribution in [0.2, 0.25) is 0 Å². The molecule has 2 aromatic rings. The van der Waals surface area contributed by atoms with E-state index in [1.165, 1.54) is 18.2 Å². The molecule has 0 aromatic heterocycles. The normalized spacial score (nSPS) is 11.4. The summed E-state index contributed by atoms with van der Waals surface area (Å²) in [5.41, 5.74) is -0.174. The Labute approximate surface area is 157 Å². The van der Waals surface area contributed by atoms with Gasteiger partial charge in [-0.15, -0.1) is 0 Å². The highest BCUT2D eigenvalue weighted by molar-refractivity contribution is 5.66. The van der Waals surface area contributed by atoms with Crippen molar-refractivity contribution in [3.8, 4) is 22.6 Å². The first-order valence-corrected chi connectivity index (χ1v) is 7.59. The van der Waals surface area contributed by atoms with Crippen molar-refractivity contribution < 1.29 is 41.7 Å². The molecular formula is C19H13F3O6. The Morgan fingerprint density at radius 2 is 1.29 bits per heavy atom. The summed E-state index contributed by atoms with van der Waals surface area (Å²) in [6.07, 6.45) is -0.846. The van der Waals surface area contributed by atoms with Crippen LogP contribution in [-0.4, -0.2) is 12.9 Å². The number of hydrogen-bond acceptors (Lipinski definition) is 6. The molecule has 0 amide bonds. The Hall–Kier alpha value is -3.75. The second kappa shape index (κ2) is 9.81. The predicted molar refractivity (Wildman–Crippen MR) is 90.7 cm³/mol. The van der Waals surface area contributed by atoms with Gasteiger partial charge in [0.05, 0.1) is 5.56 Å². The van der Waals surface area contributed by atoms with Crippen molar-refractivity contribution >= 4 is 12.9 Å². The molecule has 0 bridgehead atoms. The van der Waals surface area contributed by atoms with Gasteiger partial charge in [-0.1, -0.05) is 18.2 Å². The fraction of sp³-hybridized carbons (Fsp3) is 0.0526. The van der Waals surface area contributed by atoms with Crippen LogP contribution in [0.5, 0.6) is 11.5 Å². The maximum Gasteiger partial charge on any atom is 0.420 e. The lowest BCUT2D eigenvalue weighted by Gasteiger charge is -2.14. The van der Waals surface area contributed by atoms with Crippen molar-refractivity contribution in [3.63, 3.8) is 0 Å². The standard InChI is InChI=1S/C19H13F3O6/c20-19(21,22)17-11-15(3-6-18(17)28-10-8-26-13-24)14-1-4-16(5-2-14)27-9-7-25-12-23/h1-13H/b9-7-,10-8-. The zero-order valence-electron chi connectivity index (χ0n) is 14.1. The Kier molecular flexibility index (Phi) is 7.21. The van der Waals surface area contributed by atoms with Gasteiger partial charge in [0.1, 0.15) is 36.5 Å². The van der Waals surface area contributed by atoms with Crippen LogP contribution in [0, 0.1) is 0 Å². The lowest BCUT2D eigenvalue weighted by molar-refractivity contribution is -0.138. The quantitative estimate of drug-likeness (QED) is 0.463. The van der Waals surface area contributed by atoms with Crippen LogP contribution >= 0.6 is 0 Å². The Bertz CT molecular complexity index is 857. The molecule has 9 heteroatoms. The summed E-state index contributed by atoms with van der Waals surface area (Å²) in [6, 6.07) is 9.77. The number of rotatable bonds is 9. The fourth-order valence-corrected chi connectivity index (χ4v) is 2.10. The van der Waals surface area contributed by atoms with E-state index in [1.54, 1.807) is 12.1 Å². The zero-order valence-corrected chi connectivity index (χ0v) is 14.1. The van der Waals surface area contributed by atoms with Gasteiger partial charge in [0.2, 0.25) is 0 Å². The molecule has 0 heterocycles. The van der Waals surface area contributed by atoms with Gasteiger partial charge < -0.3 is 18.9 Å². The average molecular weight is 394 g/mol. The van der Waals surface area contributed by atoms with E-state index in [0.29, 0.717) is 16.9 Å². The maximum atomic E-state index is 13.3. The summed E-state index contributed by atoms with van der Waals surface area (Å²) in [7, 11) is 0. The van der Waals surface area contributed by atoms with E-state index >= 15 is 0 Å². The lowest BCUT2D eigenvalue weighted by Crippen LogP contribution is -2.07. The summed E-state index contributed by atoms with van der Waals surface area (Å²) in [5.74, 6) is -0.0481. The van der Waals surface area contributed by atoms with Crippen molar-refractivity contribution in [2.45, 2.75) is 6.18 Å². The molecular weight excluding hydrogens is 381 g/mol. The molecule has 0 aliphatic rings. The lowest BCUT2D eigenvalue weighted by atomic mass is 10.0. The molecule has 0 saturated carbocycles. The second-order valence-electron chi connectivity index (χ2n) is 4.98. The van der Waals surface area contributed by atoms with Crippen LogP contribution in [0.15, 0.2) is 67.5 Å². The molecule has 0 fully saturated rings. The number of hydrogen-bond donors (Lipinski definition) is 0. The van der Waals surface area contributed by atoms with Crippen LogP contribution in [0.3, 0.4) is 0 Å². The summed E-state index contributed by atoms with van der Waals surface area (Å²) in [5, 5.41) is 0. The number of benzene rings is 2. The van der Waals surface area contributed by atoms with Crippen LogP contribution in [0.25, 0.3) is 11.1 Å². The van der Waals surface area contributed by atoms with Crippen LogP contribution in [0.4, 0.5) is 13.2 Å². The molecule has 6 nitrogen and oxygen atoms in total. The molecule has 0 radical (unpaired) electrons. The third kappa shape index (κ3) is 5.90. The van der Waals surface area contributed by atoms with E-state index in [0.717, 1.165) is 37.2 Å².